The fourth-order valence-corrected chi connectivity index (χ4v) is 3.65. The number of nitrogens with zero attached hydrogens (tertiary/aromatic N) is 3. The highest BCUT2D eigenvalue weighted by Crippen LogP contribution is 2.33. The molecule has 1 fully saturated rings. The highest BCUT2D eigenvalue weighted by atomic mass is 32.2. The van der Waals surface area contributed by atoms with Crippen LogP contribution in [0.15, 0.2) is 35.1 Å². The normalized spacial score (nSPS) is 14.0. The van der Waals surface area contributed by atoms with Crippen LogP contribution in [0.5, 0.6) is 0 Å². The second-order valence-electron chi connectivity index (χ2n) is 7.39. The molecule has 0 atom stereocenters. The number of pyridine rings is 1. The molecule has 3 aromatic rings. The number of aromatic nitrogens is 3. The van der Waals surface area contributed by atoms with Gasteiger partial charge in [-0.25, -0.2) is 13.4 Å². The van der Waals surface area contributed by atoms with E-state index in [0.717, 1.165) is 23.4 Å². The minimum atomic E-state index is -3.49. The van der Waals surface area contributed by atoms with Crippen LogP contribution >= 0.6 is 0 Å². The zero-order valence-electron chi connectivity index (χ0n) is 16.8. The number of sulfonamides is 1. The summed E-state index contributed by atoms with van der Waals surface area (Å²) >= 11 is 0. The van der Waals surface area contributed by atoms with Crippen molar-refractivity contribution >= 4 is 49.8 Å². The Morgan fingerprint density at radius 1 is 1.27 bits per heavy atom. The topological polar surface area (TPSA) is 129 Å². The van der Waals surface area contributed by atoms with Crippen molar-refractivity contribution in [2.75, 3.05) is 28.2 Å². The van der Waals surface area contributed by atoms with E-state index in [9.17, 15) is 18.0 Å². The summed E-state index contributed by atoms with van der Waals surface area (Å²) in [6.07, 6.45) is 2.82. The van der Waals surface area contributed by atoms with Crippen LogP contribution in [0.3, 0.4) is 0 Å². The predicted molar refractivity (Wildman–Crippen MR) is 116 cm³/mol. The number of H-pyrrole nitrogens is 1. The van der Waals surface area contributed by atoms with Gasteiger partial charge in [0.05, 0.1) is 23.3 Å². The molecule has 0 saturated heterocycles. The van der Waals surface area contributed by atoms with Gasteiger partial charge in [-0.15, -0.1) is 0 Å². The van der Waals surface area contributed by atoms with Gasteiger partial charge in [0.15, 0.2) is 5.65 Å². The first-order chi connectivity index (χ1) is 14.1. The third-order valence-corrected chi connectivity index (χ3v) is 6.21. The lowest BCUT2D eigenvalue weighted by Gasteiger charge is -2.21. The summed E-state index contributed by atoms with van der Waals surface area (Å²) in [6.45, 7) is 0. The third kappa shape index (κ3) is 3.75. The van der Waals surface area contributed by atoms with Crippen molar-refractivity contribution in [2.45, 2.75) is 12.8 Å². The Morgan fingerprint density at radius 3 is 2.63 bits per heavy atom. The molecule has 0 radical (unpaired) electrons. The maximum Gasteiger partial charge on any atom is 0.277 e. The summed E-state index contributed by atoms with van der Waals surface area (Å²) in [7, 11) is -0.468. The van der Waals surface area contributed by atoms with Crippen LogP contribution in [-0.4, -0.2) is 42.4 Å². The van der Waals surface area contributed by atoms with E-state index >= 15 is 0 Å². The molecular formula is C19H22N6O4S. The lowest BCUT2D eigenvalue weighted by molar-refractivity contribution is -0.117. The van der Waals surface area contributed by atoms with Gasteiger partial charge < -0.3 is 10.6 Å². The molecule has 11 heteroatoms. The summed E-state index contributed by atoms with van der Waals surface area (Å²) in [6, 6.07) is 8.43. The molecule has 4 rings (SSSR count). The molecule has 1 aliphatic rings. The number of carbonyl (C=O) groups is 1. The Bertz CT molecular complexity index is 1310. The number of rotatable bonds is 6. The van der Waals surface area contributed by atoms with Crippen LogP contribution < -0.4 is 20.5 Å². The van der Waals surface area contributed by atoms with E-state index < -0.39 is 10.0 Å². The van der Waals surface area contributed by atoms with Crippen molar-refractivity contribution in [2.24, 2.45) is 13.0 Å². The fourth-order valence-electron chi connectivity index (χ4n) is 3.13. The van der Waals surface area contributed by atoms with Gasteiger partial charge >= 0.3 is 0 Å². The SMILES string of the molecule is CN(c1ccccc1Nc1cc(NC(=O)C2CC2)nc2[nH]n(C)c(=O)c12)S(C)(=O)=O. The highest BCUT2D eigenvalue weighted by Gasteiger charge is 2.30. The van der Waals surface area contributed by atoms with Crippen LogP contribution in [0.4, 0.5) is 22.9 Å². The van der Waals surface area contributed by atoms with Gasteiger partial charge in [-0.1, -0.05) is 12.1 Å². The van der Waals surface area contributed by atoms with Crippen molar-refractivity contribution in [1.29, 1.82) is 0 Å². The molecule has 10 nitrogen and oxygen atoms in total. The van der Waals surface area contributed by atoms with Crippen LogP contribution in [0.2, 0.25) is 0 Å². The average molecular weight is 430 g/mol. The maximum absolute atomic E-state index is 12.6. The number of para-hydroxylation sites is 2. The van der Waals surface area contributed by atoms with Crippen LogP contribution in [0, 0.1) is 5.92 Å². The number of hydrogen-bond donors (Lipinski definition) is 3. The average Bonchev–Trinajstić information content (AvgIpc) is 3.48. The first kappa shape index (κ1) is 20.0. The lowest BCUT2D eigenvalue weighted by atomic mass is 10.2. The van der Waals surface area contributed by atoms with Crippen molar-refractivity contribution in [1.82, 2.24) is 14.8 Å². The molecule has 1 saturated carbocycles. The van der Waals surface area contributed by atoms with Crippen LogP contribution in [0.25, 0.3) is 11.0 Å². The standard InChI is InChI=1S/C19H22N6O4S/c1-24-19(27)16-13(10-15(21-17(16)23-24)22-18(26)11-8-9-11)20-12-6-4-5-7-14(12)25(2)30(3,28)29/h4-7,10-11H,8-9H2,1-3H3,(H3,20,21,22,23,26). The molecule has 30 heavy (non-hydrogen) atoms. The number of anilines is 4. The second-order valence-corrected chi connectivity index (χ2v) is 9.40. The van der Waals surface area contributed by atoms with Gasteiger partial charge in [0, 0.05) is 26.1 Å². The molecule has 0 aliphatic heterocycles. The molecule has 1 amide bonds. The van der Waals surface area contributed by atoms with Gasteiger partial charge in [-0.3, -0.25) is 23.7 Å². The molecule has 0 spiro atoms. The van der Waals surface area contributed by atoms with E-state index in [-0.39, 0.29) is 17.4 Å². The van der Waals surface area contributed by atoms with E-state index in [1.807, 2.05) is 0 Å². The van der Waals surface area contributed by atoms with Crippen LogP contribution in [-0.2, 0) is 21.9 Å². The van der Waals surface area contributed by atoms with Gasteiger partial charge in [-0.05, 0) is 25.0 Å². The van der Waals surface area contributed by atoms with Crippen molar-refractivity contribution < 1.29 is 13.2 Å². The summed E-state index contributed by atoms with van der Waals surface area (Å²) in [5.41, 5.74) is 1.32. The zero-order chi connectivity index (χ0) is 21.6. The monoisotopic (exact) mass is 430 g/mol. The molecule has 0 unspecified atom stereocenters. The smallest absolute Gasteiger partial charge is 0.277 e. The van der Waals surface area contributed by atoms with Gasteiger partial charge in [0.1, 0.15) is 11.2 Å². The number of amides is 1. The maximum atomic E-state index is 12.6. The van der Waals surface area contributed by atoms with Crippen molar-refractivity contribution in [3.05, 3.63) is 40.7 Å². The Morgan fingerprint density at radius 2 is 1.97 bits per heavy atom. The van der Waals surface area contributed by atoms with E-state index in [2.05, 4.69) is 20.7 Å². The first-order valence-electron chi connectivity index (χ1n) is 9.35. The lowest BCUT2D eigenvalue weighted by Crippen LogP contribution is -2.25. The number of aryl methyl sites for hydroxylation is 1. The molecule has 1 aromatic carbocycles. The Kier molecular flexibility index (Phi) is 4.77. The predicted octanol–water partition coefficient (Wildman–Crippen LogP) is 1.75. The molecule has 3 N–H and O–H groups in total. The number of nitrogens with one attached hydrogen (secondary N) is 3. The third-order valence-electron chi connectivity index (χ3n) is 5.02. The summed E-state index contributed by atoms with van der Waals surface area (Å²) in [5.74, 6) is 0.193. The summed E-state index contributed by atoms with van der Waals surface area (Å²) < 4.78 is 26.5. The van der Waals surface area contributed by atoms with Gasteiger partial charge in [0.2, 0.25) is 15.9 Å². The van der Waals surface area contributed by atoms with E-state index in [1.54, 1.807) is 37.4 Å². The Balaban J connectivity index is 1.80. The molecule has 158 valence electrons. The Labute approximate surface area is 172 Å². The zero-order valence-corrected chi connectivity index (χ0v) is 17.6. The minimum absolute atomic E-state index is 0.00198. The summed E-state index contributed by atoms with van der Waals surface area (Å²) in [5, 5.41) is 9.11. The fraction of sp³-hybridized carbons (Fsp3) is 0.316. The highest BCUT2D eigenvalue weighted by molar-refractivity contribution is 7.92. The molecular weight excluding hydrogens is 408 g/mol. The minimum Gasteiger partial charge on any atom is -0.353 e. The van der Waals surface area contributed by atoms with Crippen molar-refractivity contribution in [3.63, 3.8) is 0 Å². The summed E-state index contributed by atoms with van der Waals surface area (Å²) in [4.78, 5) is 29.2. The molecule has 2 heterocycles. The van der Waals surface area contributed by atoms with E-state index in [0.29, 0.717) is 33.9 Å². The molecule has 1 aliphatic carbocycles. The first-order valence-corrected chi connectivity index (χ1v) is 11.2. The number of fused-ring (bicyclic) bond motifs is 1. The Hall–Kier alpha value is -3.34. The van der Waals surface area contributed by atoms with Crippen LogP contribution in [0.1, 0.15) is 12.8 Å². The second kappa shape index (κ2) is 7.17. The molecule has 0 bridgehead atoms. The van der Waals surface area contributed by atoms with Gasteiger partial charge in [0.25, 0.3) is 5.56 Å². The number of hydrogen-bond acceptors (Lipinski definition) is 6. The number of benzene rings is 1. The van der Waals surface area contributed by atoms with Crippen molar-refractivity contribution in [3.8, 4) is 0 Å². The van der Waals surface area contributed by atoms with Gasteiger partial charge in [-0.2, -0.15) is 0 Å². The number of carbonyl (C=O) groups excluding carboxylic acids is 1. The van der Waals surface area contributed by atoms with E-state index in [1.165, 1.54) is 11.7 Å². The van der Waals surface area contributed by atoms with E-state index in [4.69, 9.17) is 0 Å². The largest absolute Gasteiger partial charge is 0.353 e. The quantitative estimate of drug-likeness (QED) is 0.546. The molecule has 2 aromatic heterocycles. The number of aromatic amines is 1.